The van der Waals surface area contributed by atoms with E-state index >= 15 is 0 Å². The molecule has 26 heavy (non-hydrogen) atoms. The molecule has 5 nitrogen and oxygen atoms in total. The average molecular weight is 363 g/mol. The van der Waals surface area contributed by atoms with Crippen molar-refractivity contribution in [1.82, 2.24) is 5.32 Å². The van der Waals surface area contributed by atoms with Crippen LogP contribution in [0.4, 0.5) is 9.59 Å². The quantitative estimate of drug-likeness (QED) is 0.564. The number of amides is 2. The summed E-state index contributed by atoms with van der Waals surface area (Å²) >= 11 is 0. The lowest BCUT2D eigenvalue weighted by Gasteiger charge is -2.19. The average Bonchev–Trinajstić information content (AvgIpc) is 2.54. The first-order valence-corrected chi connectivity index (χ1v) is 9.58. The maximum absolute atomic E-state index is 12.2. The highest BCUT2D eigenvalue weighted by molar-refractivity contribution is 5.88. The van der Waals surface area contributed by atoms with Crippen molar-refractivity contribution >= 4 is 12.2 Å². The third kappa shape index (κ3) is 7.06. The van der Waals surface area contributed by atoms with E-state index < -0.39 is 12.2 Å². The largest absolute Gasteiger partial charge is 0.446 e. The van der Waals surface area contributed by atoms with Gasteiger partial charge >= 0.3 is 12.2 Å². The molecular formula is C21H33NO4. The van der Waals surface area contributed by atoms with E-state index in [1.165, 1.54) is 0 Å². The number of para-hydroxylation sites is 1. The lowest BCUT2D eigenvalue weighted by Crippen LogP contribution is -2.35. The van der Waals surface area contributed by atoms with Crippen LogP contribution in [0.3, 0.4) is 0 Å². The molecule has 2 amide bonds. The highest BCUT2D eigenvalue weighted by atomic mass is 16.6. The van der Waals surface area contributed by atoms with Crippen molar-refractivity contribution < 1.29 is 19.1 Å². The van der Waals surface area contributed by atoms with E-state index in [-0.39, 0.29) is 17.9 Å². The molecule has 1 N–H and O–H groups in total. The zero-order valence-corrected chi connectivity index (χ0v) is 16.9. The summed E-state index contributed by atoms with van der Waals surface area (Å²) in [5.41, 5.74) is 1.88. The Morgan fingerprint density at radius 1 is 0.962 bits per heavy atom. The summed E-state index contributed by atoms with van der Waals surface area (Å²) in [4.78, 5) is 24.1. The minimum Gasteiger partial charge on any atom is -0.446 e. The summed E-state index contributed by atoms with van der Waals surface area (Å²) in [5, 5.41) is 2.16. The van der Waals surface area contributed by atoms with Crippen LogP contribution in [0.2, 0.25) is 0 Å². The second-order valence-electron chi connectivity index (χ2n) is 7.30. The predicted molar refractivity (Wildman–Crippen MR) is 104 cm³/mol. The Morgan fingerprint density at radius 2 is 1.54 bits per heavy atom. The van der Waals surface area contributed by atoms with Gasteiger partial charge in [-0.05, 0) is 42.7 Å². The third-order valence-electron chi connectivity index (χ3n) is 4.24. The number of benzene rings is 1. The third-order valence-corrected chi connectivity index (χ3v) is 4.24. The minimum absolute atomic E-state index is 0.196. The van der Waals surface area contributed by atoms with Gasteiger partial charge in [0.2, 0.25) is 0 Å². The molecule has 1 rings (SSSR count). The number of nitrogens with one attached hydrogen (secondary N) is 1. The fourth-order valence-corrected chi connectivity index (χ4v) is 2.76. The number of carbonyl (C=O) groups excluding carboxylic acids is 2. The van der Waals surface area contributed by atoms with Gasteiger partial charge in [0.25, 0.3) is 0 Å². The molecule has 1 aromatic carbocycles. The van der Waals surface area contributed by atoms with Crippen LogP contribution in [0.25, 0.3) is 0 Å². The Morgan fingerprint density at radius 3 is 2.04 bits per heavy atom. The molecule has 1 aromatic rings. The maximum Gasteiger partial charge on any atom is 0.422 e. The number of rotatable bonds is 8. The van der Waals surface area contributed by atoms with E-state index in [1.54, 1.807) is 0 Å². The summed E-state index contributed by atoms with van der Waals surface area (Å²) in [7, 11) is 0. The molecule has 0 unspecified atom stereocenters. The van der Waals surface area contributed by atoms with Crippen molar-refractivity contribution in [3.05, 3.63) is 29.3 Å². The molecular weight excluding hydrogens is 330 g/mol. The molecule has 0 aliphatic rings. The Bertz CT molecular complexity index is 569. The van der Waals surface area contributed by atoms with Gasteiger partial charge < -0.3 is 9.47 Å². The fraction of sp³-hybridized carbons (Fsp3) is 0.619. The lowest BCUT2D eigenvalue weighted by molar-refractivity contribution is 0.0998. The van der Waals surface area contributed by atoms with Crippen LogP contribution >= 0.6 is 0 Å². The highest BCUT2D eigenvalue weighted by Crippen LogP contribution is 2.34. The van der Waals surface area contributed by atoms with Crippen LogP contribution in [0.1, 0.15) is 90.2 Å². The standard InChI is InChI=1S/C21H33NO4/c1-7-8-9-11-16(6)25-20(23)22-21(24)26-19-17(14(2)3)12-10-13-18(19)15(4)5/h10,12-16H,7-9,11H2,1-6H3,(H,22,23,24)/t16-/m1/s1. The Balaban J connectivity index is 2.71. The van der Waals surface area contributed by atoms with E-state index in [0.717, 1.165) is 36.8 Å². The van der Waals surface area contributed by atoms with Crippen LogP contribution < -0.4 is 10.1 Å². The van der Waals surface area contributed by atoms with Gasteiger partial charge in [0, 0.05) is 0 Å². The molecule has 0 saturated heterocycles. The number of alkyl carbamates (subject to hydrolysis) is 1. The molecule has 0 radical (unpaired) electrons. The number of imide groups is 1. The summed E-state index contributed by atoms with van der Waals surface area (Å²) in [6.45, 7) is 12.1. The monoisotopic (exact) mass is 363 g/mol. The van der Waals surface area contributed by atoms with Gasteiger partial charge in [0.1, 0.15) is 11.9 Å². The van der Waals surface area contributed by atoms with E-state index in [2.05, 4.69) is 12.2 Å². The van der Waals surface area contributed by atoms with E-state index in [0.29, 0.717) is 5.75 Å². The molecule has 0 saturated carbocycles. The molecule has 0 aliphatic heterocycles. The molecule has 0 spiro atoms. The lowest BCUT2D eigenvalue weighted by atomic mass is 9.94. The van der Waals surface area contributed by atoms with Crippen molar-refractivity contribution in [2.24, 2.45) is 0 Å². The van der Waals surface area contributed by atoms with E-state index in [1.807, 2.05) is 52.8 Å². The van der Waals surface area contributed by atoms with Gasteiger partial charge in [-0.15, -0.1) is 0 Å². The minimum atomic E-state index is -0.814. The molecule has 5 heteroatoms. The van der Waals surface area contributed by atoms with Crippen molar-refractivity contribution in [2.45, 2.75) is 85.2 Å². The predicted octanol–water partition coefficient (Wildman–Crippen LogP) is 6.13. The first kappa shape index (κ1) is 22.0. The van der Waals surface area contributed by atoms with Crippen molar-refractivity contribution in [2.75, 3.05) is 0 Å². The van der Waals surface area contributed by atoms with E-state index in [9.17, 15) is 9.59 Å². The second-order valence-corrected chi connectivity index (χ2v) is 7.30. The normalized spacial score (nSPS) is 12.2. The summed E-state index contributed by atoms with van der Waals surface area (Å²) in [6, 6.07) is 5.84. The first-order valence-electron chi connectivity index (χ1n) is 9.58. The summed E-state index contributed by atoms with van der Waals surface area (Å²) in [5.74, 6) is 0.919. The van der Waals surface area contributed by atoms with Gasteiger partial charge in [-0.2, -0.15) is 0 Å². The van der Waals surface area contributed by atoms with E-state index in [4.69, 9.17) is 9.47 Å². The first-order chi connectivity index (χ1) is 12.3. The Kier molecular flexibility index (Phi) is 9.17. The topological polar surface area (TPSA) is 64.6 Å². The maximum atomic E-state index is 12.2. The number of hydrogen-bond donors (Lipinski definition) is 1. The molecule has 0 aromatic heterocycles. The number of carbonyl (C=O) groups is 2. The van der Waals surface area contributed by atoms with Crippen LogP contribution in [0, 0.1) is 0 Å². The van der Waals surface area contributed by atoms with Crippen molar-refractivity contribution in [3.63, 3.8) is 0 Å². The van der Waals surface area contributed by atoms with Crippen LogP contribution in [0.15, 0.2) is 18.2 Å². The fourth-order valence-electron chi connectivity index (χ4n) is 2.76. The highest BCUT2D eigenvalue weighted by Gasteiger charge is 2.20. The van der Waals surface area contributed by atoms with Gasteiger partial charge in [-0.3, -0.25) is 0 Å². The van der Waals surface area contributed by atoms with Crippen LogP contribution in [-0.2, 0) is 4.74 Å². The van der Waals surface area contributed by atoms with Crippen molar-refractivity contribution in [3.8, 4) is 5.75 Å². The van der Waals surface area contributed by atoms with Gasteiger partial charge in [-0.25, -0.2) is 14.9 Å². The number of unbranched alkanes of at least 4 members (excludes halogenated alkanes) is 2. The number of hydrogen-bond acceptors (Lipinski definition) is 4. The Labute approximate surface area is 157 Å². The molecule has 0 fully saturated rings. The smallest absolute Gasteiger partial charge is 0.422 e. The molecule has 0 bridgehead atoms. The summed E-state index contributed by atoms with van der Waals surface area (Å²) in [6.07, 6.45) is 2.17. The van der Waals surface area contributed by atoms with Gasteiger partial charge in [0.05, 0.1) is 0 Å². The SMILES string of the molecule is CCCCC[C@@H](C)OC(=O)NC(=O)Oc1c(C(C)C)cccc1C(C)C. The zero-order chi connectivity index (χ0) is 19.7. The summed E-state index contributed by atoms with van der Waals surface area (Å²) < 4.78 is 10.7. The van der Waals surface area contributed by atoms with Crippen LogP contribution in [0.5, 0.6) is 5.75 Å². The van der Waals surface area contributed by atoms with Crippen LogP contribution in [-0.4, -0.2) is 18.3 Å². The van der Waals surface area contributed by atoms with Gasteiger partial charge in [-0.1, -0.05) is 65.7 Å². The Hall–Kier alpha value is -2.04. The van der Waals surface area contributed by atoms with Gasteiger partial charge in [0.15, 0.2) is 0 Å². The second kappa shape index (κ2) is 10.8. The molecule has 146 valence electrons. The molecule has 0 heterocycles. The number of ether oxygens (including phenoxy) is 2. The molecule has 0 aliphatic carbocycles. The van der Waals surface area contributed by atoms with Crippen molar-refractivity contribution in [1.29, 1.82) is 0 Å². The molecule has 1 atom stereocenters. The zero-order valence-electron chi connectivity index (χ0n) is 16.9.